The molecule has 0 radical (unpaired) electrons. The summed E-state index contributed by atoms with van der Waals surface area (Å²) in [6, 6.07) is 2.24. The first-order chi connectivity index (χ1) is 18.1. The Morgan fingerprint density at radius 1 is 1.08 bits per heavy atom. The number of allylic oxidation sites excluding steroid dienone is 1. The molecule has 6 rings (SSSR count). The van der Waals surface area contributed by atoms with Crippen molar-refractivity contribution in [3.8, 4) is 6.07 Å². The van der Waals surface area contributed by atoms with Gasteiger partial charge in [-0.05, 0) is 79.1 Å². The highest BCUT2D eigenvalue weighted by Gasteiger charge is 2.82. The molecule has 5 aliphatic carbocycles. The number of Topliss-reactive ketones (excluding diaryl/α,β-unsaturated/α-hetero) is 1. The Kier molecular flexibility index (Phi) is 5.32. The molecule has 6 heteroatoms. The first-order valence-electron chi connectivity index (χ1n) is 15.1. The van der Waals surface area contributed by atoms with Crippen LogP contribution in [0.5, 0.6) is 0 Å². The Bertz CT molecular complexity index is 1260. The average Bonchev–Trinajstić information content (AvgIpc) is 3.66. The van der Waals surface area contributed by atoms with Gasteiger partial charge in [0, 0.05) is 16.7 Å². The molecular formula is C33H45NO5. The van der Waals surface area contributed by atoms with E-state index in [-0.39, 0.29) is 51.5 Å². The van der Waals surface area contributed by atoms with Crippen LogP contribution in [0.2, 0.25) is 0 Å². The zero-order chi connectivity index (χ0) is 28.6. The van der Waals surface area contributed by atoms with Gasteiger partial charge in [-0.2, -0.15) is 5.26 Å². The number of carbonyl (C=O) groups is 3. The first kappa shape index (κ1) is 27.2. The van der Waals surface area contributed by atoms with Crippen molar-refractivity contribution in [3.05, 3.63) is 11.6 Å². The summed E-state index contributed by atoms with van der Waals surface area (Å²) in [6.07, 6.45) is 8.26. The van der Waals surface area contributed by atoms with Gasteiger partial charge in [-0.1, -0.05) is 60.5 Å². The Balaban J connectivity index is 1.52. The molecule has 10 atom stereocenters. The molecule has 0 bridgehead atoms. The van der Waals surface area contributed by atoms with Gasteiger partial charge in [0.2, 0.25) is 5.60 Å². The number of hydrogen-bond acceptors (Lipinski definition) is 6. The number of fused-ring (bicyclic) bond motifs is 9. The zero-order valence-corrected chi connectivity index (χ0v) is 25.0. The van der Waals surface area contributed by atoms with Gasteiger partial charge in [0.15, 0.2) is 11.6 Å². The lowest BCUT2D eigenvalue weighted by Gasteiger charge is -2.69. The van der Waals surface area contributed by atoms with Crippen LogP contribution in [0, 0.1) is 61.6 Å². The summed E-state index contributed by atoms with van der Waals surface area (Å²) in [7, 11) is 1.49. The van der Waals surface area contributed by atoms with E-state index in [1.165, 1.54) is 7.11 Å². The van der Waals surface area contributed by atoms with Gasteiger partial charge in [0.05, 0.1) is 12.5 Å². The van der Waals surface area contributed by atoms with Gasteiger partial charge >= 0.3 is 5.97 Å². The predicted molar refractivity (Wildman–Crippen MR) is 145 cm³/mol. The number of epoxide rings is 1. The third-order valence-corrected chi connectivity index (χ3v) is 14.0. The van der Waals surface area contributed by atoms with Gasteiger partial charge in [-0.15, -0.1) is 0 Å². The Morgan fingerprint density at radius 2 is 1.74 bits per heavy atom. The maximum absolute atomic E-state index is 14.5. The molecule has 0 unspecified atom stereocenters. The summed E-state index contributed by atoms with van der Waals surface area (Å²) in [6.45, 7) is 15.3. The average molecular weight is 536 g/mol. The molecule has 1 heterocycles. The van der Waals surface area contributed by atoms with Crippen molar-refractivity contribution in [3.63, 3.8) is 0 Å². The number of rotatable bonds is 2. The number of hydrogen-bond donors (Lipinski definition) is 0. The number of nitriles is 1. The minimum atomic E-state index is -1.41. The van der Waals surface area contributed by atoms with Crippen molar-refractivity contribution in [2.45, 2.75) is 112 Å². The van der Waals surface area contributed by atoms with Crippen LogP contribution in [-0.2, 0) is 23.9 Å². The molecule has 1 aliphatic heterocycles. The smallest absolute Gasteiger partial charge is 0.312 e. The Hall–Kier alpha value is -2.00. The minimum absolute atomic E-state index is 0.00503. The van der Waals surface area contributed by atoms with Crippen LogP contribution in [0.3, 0.4) is 0 Å². The van der Waals surface area contributed by atoms with Crippen LogP contribution >= 0.6 is 0 Å². The second kappa shape index (κ2) is 7.64. The van der Waals surface area contributed by atoms with E-state index in [4.69, 9.17) is 9.47 Å². The lowest BCUT2D eigenvalue weighted by Crippen LogP contribution is -2.68. The van der Waals surface area contributed by atoms with E-state index >= 15 is 0 Å². The highest BCUT2D eigenvalue weighted by molar-refractivity contribution is 6.01. The molecule has 1 saturated heterocycles. The van der Waals surface area contributed by atoms with E-state index in [1.54, 1.807) is 0 Å². The second-order valence-electron chi connectivity index (χ2n) is 15.6. The van der Waals surface area contributed by atoms with Gasteiger partial charge in [0.1, 0.15) is 12.2 Å². The molecular weight excluding hydrogens is 490 g/mol. The molecule has 0 aromatic heterocycles. The number of carbonyl (C=O) groups excluding carboxylic acids is 3. The SMILES string of the molecule is CC[C@@]1(C)CC[C@]2(C(=O)OC)CC[C@]3(C)[C@H](C(=O)C=C4[C@@]5(C)[C@H]6O[C@@]6(C#N)C(=O)C(C)(C)[C@@H]5CC[C@]43C)[C@@H]2C1. The van der Waals surface area contributed by atoms with Crippen molar-refractivity contribution >= 4 is 17.5 Å². The van der Waals surface area contributed by atoms with Crippen molar-refractivity contribution < 1.29 is 23.9 Å². The first-order valence-corrected chi connectivity index (χ1v) is 15.1. The number of nitrogens with zero attached hydrogens (tertiary/aromatic N) is 1. The molecule has 39 heavy (non-hydrogen) atoms. The second-order valence-corrected chi connectivity index (χ2v) is 15.6. The standard InChI is InChI=1S/C33H45NO5/c1-9-28(4)12-14-32(26(37)38-8)15-13-30(6)23(19(32)17-28)20(35)16-22-29(30,5)11-10-21-27(2,3)24(36)33(18-34)25(39-33)31(21,22)7/h16,19,21,23,25H,9-15,17H2,1-8H3/t19-,21-,23-,25+,28-,29+,30+,31-,32-,33-/m0/s1. The van der Waals surface area contributed by atoms with Crippen molar-refractivity contribution in [2.24, 2.45) is 50.2 Å². The molecule has 6 nitrogen and oxygen atoms in total. The van der Waals surface area contributed by atoms with Gasteiger partial charge in [-0.3, -0.25) is 14.4 Å². The Labute approximate surface area is 233 Å². The number of ketones is 2. The number of ether oxygens (including phenoxy) is 2. The van der Waals surface area contributed by atoms with E-state index < -0.39 is 27.9 Å². The van der Waals surface area contributed by atoms with Crippen LogP contribution in [0.15, 0.2) is 11.6 Å². The molecule has 0 aromatic rings. The number of esters is 1. The third kappa shape index (κ3) is 2.84. The third-order valence-electron chi connectivity index (χ3n) is 14.0. The lowest BCUT2D eigenvalue weighted by molar-refractivity contribution is -0.193. The quantitative estimate of drug-likeness (QED) is 0.319. The van der Waals surface area contributed by atoms with Gasteiger partial charge in [0.25, 0.3) is 0 Å². The fourth-order valence-corrected chi connectivity index (χ4v) is 11.2. The van der Waals surface area contributed by atoms with E-state index in [0.29, 0.717) is 0 Å². The minimum Gasteiger partial charge on any atom is -0.469 e. The normalized spacial score (nSPS) is 53.1. The summed E-state index contributed by atoms with van der Waals surface area (Å²) in [4.78, 5) is 41.6. The summed E-state index contributed by atoms with van der Waals surface area (Å²) < 4.78 is 11.5. The van der Waals surface area contributed by atoms with E-state index in [9.17, 15) is 19.6 Å². The van der Waals surface area contributed by atoms with Crippen molar-refractivity contribution in [1.29, 1.82) is 5.26 Å². The highest BCUT2D eigenvalue weighted by atomic mass is 16.6. The van der Waals surface area contributed by atoms with Gasteiger partial charge in [-0.25, -0.2) is 0 Å². The molecule has 0 N–H and O–H groups in total. The van der Waals surface area contributed by atoms with Crippen LogP contribution in [0.4, 0.5) is 0 Å². The molecule has 0 spiro atoms. The van der Waals surface area contributed by atoms with Gasteiger partial charge < -0.3 is 9.47 Å². The predicted octanol–water partition coefficient (Wildman–Crippen LogP) is 5.98. The number of methoxy groups -OCH3 is 1. The maximum atomic E-state index is 14.5. The molecule has 5 fully saturated rings. The van der Waals surface area contributed by atoms with Crippen molar-refractivity contribution in [2.75, 3.05) is 7.11 Å². The topological polar surface area (TPSA) is 96.8 Å². The molecule has 0 aromatic carbocycles. The monoisotopic (exact) mass is 535 g/mol. The fourth-order valence-electron chi connectivity index (χ4n) is 11.2. The van der Waals surface area contributed by atoms with E-state index in [2.05, 4.69) is 40.7 Å². The molecule has 0 amide bonds. The summed E-state index contributed by atoms with van der Waals surface area (Å²) in [5.74, 6) is -0.465. The van der Waals surface area contributed by atoms with Crippen LogP contribution in [0.25, 0.3) is 0 Å². The molecule has 6 aliphatic rings. The molecule has 4 saturated carbocycles. The van der Waals surface area contributed by atoms with E-state index in [0.717, 1.165) is 56.9 Å². The summed E-state index contributed by atoms with van der Waals surface area (Å²) >= 11 is 0. The Morgan fingerprint density at radius 3 is 2.36 bits per heavy atom. The molecule has 212 valence electrons. The highest BCUT2D eigenvalue weighted by Crippen LogP contribution is 2.77. The largest absolute Gasteiger partial charge is 0.469 e. The maximum Gasteiger partial charge on any atom is 0.312 e. The lowest BCUT2D eigenvalue weighted by atomic mass is 9.33. The van der Waals surface area contributed by atoms with Crippen LogP contribution in [-0.4, -0.2) is 36.4 Å². The van der Waals surface area contributed by atoms with Crippen molar-refractivity contribution in [1.82, 2.24) is 0 Å². The zero-order valence-electron chi connectivity index (χ0n) is 25.0. The van der Waals surface area contributed by atoms with E-state index in [1.807, 2.05) is 19.9 Å². The van der Waals surface area contributed by atoms with Crippen LogP contribution in [0.1, 0.15) is 99.8 Å². The fraction of sp³-hybridized carbons (Fsp3) is 0.818. The summed E-state index contributed by atoms with van der Waals surface area (Å²) in [5.41, 5.74) is -2.79. The van der Waals surface area contributed by atoms with Crippen LogP contribution < -0.4 is 0 Å². The summed E-state index contributed by atoms with van der Waals surface area (Å²) in [5, 5.41) is 10.1.